The molecule has 1 aromatic rings. The highest BCUT2D eigenvalue weighted by atomic mass is 127. The predicted octanol–water partition coefficient (Wildman–Crippen LogP) is 2.94. The molecular formula is C11H13I2NO2. The van der Waals surface area contributed by atoms with E-state index in [4.69, 9.17) is 0 Å². The maximum Gasteiger partial charge on any atom is 0.251 e. The molecule has 0 aliphatic rings. The number of rotatable bonds is 5. The number of amides is 1. The molecule has 1 rings (SSSR count). The summed E-state index contributed by atoms with van der Waals surface area (Å²) in [4.78, 5) is 11.6. The molecule has 88 valence electrons. The van der Waals surface area contributed by atoms with Crippen LogP contribution in [0.15, 0.2) is 18.2 Å². The predicted molar refractivity (Wildman–Crippen MR) is 81.3 cm³/mol. The Bertz CT molecular complexity index is 369. The van der Waals surface area contributed by atoms with Crippen LogP contribution < -0.4 is 5.32 Å². The molecular weight excluding hydrogens is 432 g/mol. The summed E-state index contributed by atoms with van der Waals surface area (Å²) in [5.74, 6) is 0.0284. The molecule has 0 radical (unpaired) electrons. The summed E-state index contributed by atoms with van der Waals surface area (Å²) in [6.45, 7) is 0.689. The van der Waals surface area contributed by atoms with Crippen molar-refractivity contribution in [3.63, 3.8) is 0 Å². The Labute approximate surface area is 122 Å². The van der Waals surface area contributed by atoms with E-state index in [0.717, 1.165) is 20.8 Å². The van der Waals surface area contributed by atoms with E-state index in [1.807, 2.05) is 22.6 Å². The third-order valence-electron chi connectivity index (χ3n) is 2.05. The molecule has 0 aromatic heterocycles. The number of carbonyl (C=O) groups is 1. The van der Waals surface area contributed by atoms with E-state index in [1.165, 1.54) is 6.07 Å². The van der Waals surface area contributed by atoms with Crippen molar-refractivity contribution in [2.75, 3.05) is 11.0 Å². The molecule has 0 saturated heterocycles. The van der Waals surface area contributed by atoms with Gasteiger partial charge in [0.25, 0.3) is 5.91 Å². The quantitative estimate of drug-likeness (QED) is 0.416. The van der Waals surface area contributed by atoms with Gasteiger partial charge in [-0.3, -0.25) is 4.79 Å². The molecule has 0 spiro atoms. The number of alkyl halides is 1. The Morgan fingerprint density at radius 2 is 2.12 bits per heavy atom. The van der Waals surface area contributed by atoms with Crippen LogP contribution in [0.4, 0.5) is 0 Å². The van der Waals surface area contributed by atoms with Gasteiger partial charge in [0.05, 0.1) is 3.57 Å². The average molecular weight is 445 g/mol. The zero-order valence-corrected chi connectivity index (χ0v) is 13.0. The minimum absolute atomic E-state index is 0.125. The first kappa shape index (κ1) is 14.0. The fraction of sp³-hybridized carbons (Fsp3) is 0.364. The van der Waals surface area contributed by atoms with Gasteiger partial charge in [-0.15, -0.1) is 0 Å². The Kier molecular flexibility index (Phi) is 6.40. The summed E-state index contributed by atoms with van der Waals surface area (Å²) in [6.07, 6.45) is 2.10. The van der Waals surface area contributed by atoms with E-state index in [9.17, 15) is 9.90 Å². The average Bonchev–Trinajstić information content (AvgIpc) is 2.28. The third-order valence-corrected chi connectivity index (χ3v) is 3.73. The van der Waals surface area contributed by atoms with Crippen LogP contribution in [0, 0.1) is 3.57 Å². The summed E-state index contributed by atoms with van der Waals surface area (Å²) in [5.41, 5.74) is 0.507. The van der Waals surface area contributed by atoms with Gasteiger partial charge in [0.1, 0.15) is 5.75 Å². The largest absolute Gasteiger partial charge is 0.507 e. The lowest BCUT2D eigenvalue weighted by atomic mass is 10.2. The number of nitrogens with one attached hydrogen (secondary N) is 1. The van der Waals surface area contributed by atoms with Gasteiger partial charge in [-0.2, -0.15) is 0 Å². The Hall–Kier alpha value is -0.0500. The summed E-state index contributed by atoms with van der Waals surface area (Å²) < 4.78 is 1.86. The lowest BCUT2D eigenvalue weighted by Gasteiger charge is -2.05. The zero-order valence-electron chi connectivity index (χ0n) is 8.67. The van der Waals surface area contributed by atoms with Gasteiger partial charge in [-0.05, 0) is 58.1 Å². The minimum Gasteiger partial charge on any atom is -0.507 e. The van der Waals surface area contributed by atoms with E-state index in [1.54, 1.807) is 12.1 Å². The van der Waals surface area contributed by atoms with Crippen molar-refractivity contribution in [1.29, 1.82) is 0 Å². The van der Waals surface area contributed by atoms with Crippen LogP contribution in [-0.2, 0) is 0 Å². The van der Waals surface area contributed by atoms with Crippen molar-refractivity contribution in [2.45, 2.75) is 12.8 Å². The van der Waals surface area contributed by atoms with Crippen molar-refractivity contribution in [1.82, 2.24) is 5.32 Å². The number of hydrogen-bond donors (Lipinski definition) is 2. The van der Waals surface area contributed by atoms with Gasteiger partial charge >= 0.3 is 0 Å². The summed E-state index contributed by atoms with van der Waals surface area (Å²) >= 11 is 4.34. The number of unbranched alkanes of at least 4 members (excludes halogenated alkanes) is 1. The molecule has 0 unspecified atom stereocenters. The number of carbonyl (C=O) groups excluding carboxylic acids is 1. The SMILES string of the molecule is O=C(NCCCCI)c1ccc(I)c(O)c1. The summed E-state index contributed by atoms with van der Waals surface area (Å²) in [7, 11) is 0. The highest BCUT2D eigenvalue weighted by molar-refractivity contribution is 14.1. The molecule has 0 atom stereocenters. The number of phenolic OH excluding ortho intramolecular Hbond substituents is 1. The van der Waals surface area contributed by atoms with Crippen molar-refractivity contribution in [3.8, 4) is 5.75 Å². The van der Waals surface area contributed by atoms with Crippen LogP contribution in [0.3, 0.4) is 0 Å². The summed E-state index contributed by atoms with van der Waals surface area (Å²) in [6, 6.07) is 4.94. The molecule has 3 nitrogen and oxygen atoms in total. The lowest BCUT2D eigenvalue weighted by Crippen LogP contribution is -2.24. The zero-order chi connectivity index (χ0) is 12.0. The van der Waals surface area contributed by atoms with Crippen LogP contribution in [0.1, 0.15) is 23.2 Å². The molecule has 0 aliphatic carbocycles. The Morgan fingerprint density at radius 1 is 1.38 bits per heavy atom. The second-order valence-corrected chi connectivity index (χ2v) is 5.56. The lowest BCUT2D eigenvalue weighted by molar-refractivity contribution is 0.0953. The van der Waals surface area contributed by atoms with E-state index < -0.39 is 0 Å². The topological polar surface area (TPSA) is 49.3 Å². The number of halogens is 2. The summed E-state index contributed by atoms with van der Waals surface area (Å²) in [5, 5.41) is 12.3. The molecule has 0 aliphatic heterocycles. The van der Waals surface area contributed by atoms with E-state index >= 15 is 0 Å². The smallest absolute Gasteiger partial charge is 0.251 e. The normalized spacial score (nSPS) is 10.1. The monoisotopic (exact) mass is 445 g/mol. The Balaban J connectivity index is 2.50. The van der Waals surface area contributed by atoms with Crippen molar-refractivity contribution < 1.29 is 9.90 Å². The molecule has 0 heterocycles. The standard InChI is InChI=1S/C11H13I2NO2/c12-5-1-2-6-14-11(16)8-3-4-9(13)10(15)7-8/h3-4,7,15H,1-2,5-6H2,(H,14,16). The first-order valence-electron chi connectivity index (χ1n) is 4.98. The van der Waals surface area contributed by atoms with Crippen LogP contribution in [0.2, 0.25) is 0 Å². The van der Waals surface area contributed by atoms with Crippen LogP contribution >= 0.6 is 45.2 Å². The highest BCUT2D eigenvalue weighted by Gasteiger charge is 2.07. The molecule has 2 N–H and O–H groups in total. The second-order valence-electron chi connectivity index (χ2n) is 3.32. The van der Waals surface area contributed by atoms with Crippen molar-refractivity contribution in [3.05, 3.63) is 27.3 Å². The van der Waals surface area contributed by atoms with Gasteiger partial charge in [0, 0.05) is 12.1 Å². The van der Waals surface area contributed by atoms with Crippen LogP contribution in [0.25, 0.3) is 0 Å². The van der Waals surface area contributed by atoms with Crippen molar-refractivity contribution >= 4 is 51.1 Å². The highest BCUT2D eigenvalue weighted by Crippen LogP contribution is 2.20. The molecule has 5 heteroatoms. The van der Waals surface area contributed by atoms with Gasteiger partial charge in [-0.25, -0.2) is 0 Å². The molecule has 0 fully saturated rings. The van der Waals surface area contributed by atoms with E-state index in [2.05, 4.69) is 27.9 Å². The van der Waals surface area contributed by atoms with Crippen LogP contribution in [-0.4, -0.2) is 22.0 Å². The maximum atomic E-state index is 11.6. The number of phenols is 1. The van der Waals surface area contributed by atoms with Crippen LogP contribution in [0.5, 0.6) is 5.75 Å². The van der Waals surface area contributed by atoms with E-state index in [0.29, 0.717) is 12.1 Å². The van der Waals surface area contributed by atoms with Crippen molar-refractivity contribution in [2.24, 2.45) is 0 Å². The molecule has 16 heavy (non-hydrogen) atoms. The fourth-order valence-corrected chi connectivity index (χ4v) is 2.05. The van der Waals surface area contributed by atoms with Gasteiger partial charge in [0.15, 0.2) is 0 Å². The molecule has 0 bridgehead atoms. The van der Waals surface area contributed by atoms with Gasteiger partial charge in [0.2, 0.25) is 0 Å². The molecule has 0 saturated carbocycles. The molecule has 1 amide bonds. The minimum atomic E-state index is -0.125. The Morgan fingerprint density at radius 3 is 2.75 bits per heavy atom. The van der Waals surface area contributed by atoms with Gasteiger partial charge < -0.3 is 10.4 Å². The maximum absolute atomic E-state index is 11.6. The van der Waals surface area contributed by atoms with E-state index in [-0.39, 0.29) is 11.7 Å². The van der Waals surface area contributed by atoms with Gasteiger partial charge in [-0.1, -0.05) is 22.6 Å². The fourth-order valence-electron chi connectivity index (χ4n) is 1.18. The third kappa shape index (κ3) is 4.44. The second kappa shape index (κ2) is 7.31. The number of hydrogen-bond acceptors (Lipinski definition) is 2. The number of aromatic hydroxyl groups is 1. The first-order valence-corrected chi connectivity index (χ1v) is 7.58. The number of benzene rings is 1. The first-order chi connectivity index (χ1) is 7.65. The molecule has 1 aromatic carbocycles.